The first kappa shape index (κ1) is 18.5. The minimum atomic E-state index is -4.87. The average molecular weight is 387 g/mol. The van der Waals surface area contributed by atoms with Crippen molar-refractivity contribution in [1.82, 2.24) is 5.32 Å². The van der Waals surface area contributed by atoms with Crippen LogP contribution in [0.5, 0.6) is 11.5 Å². The van der Waals surface area contributed by atoms with E-state index in [0.29, 0.717) is 24.2 Å². The molecule has 5 nitrogen and oxygen atoms in total. The van der Waals surface area contributed by atoms with E-state index in [-0.39, 0.29) is 16.7 Å². The van der Waals surface area contributed by atoms with E-state index in [1.807, 2.05) is 0 Å². The summed E-state index contributed by atoms with van der Waals surface area (Å²) in [4.78, 5) is 0.0779. The number of alkyl halides is 3. The fourth-order valence-electron chi connectivity index (χ4n) is 2.42. The zero-order valence-corrected chi connectivity index (χ0v) is 14.5. The van der Waals surface area contributed by atoms with Crippen LogP contribution < -0.4 is 14.8 Å². The second-order valence-corrected chi connectivity index (χ2v) is 7.92. The van der Waals surface area contributed by atoms with Crippen LogP contribution in [0, 0.1) is 0 Å². The molecular formula is C17H16F3NO4S. The highest BCUT2D eigenvalue weighted by molar-refractivity contribution is 7.90. The zero-order chi connectivity index (χ0) is 18.9. The van der Waals surface area contributed by atoms with Crippen molar-refractivity contribution < 1.29 is 31.1 Å². The van der Waals surface area contributed by atoms with Crippen LogP contribution in [0.15, 0.2) is 47.4 Å². The largest absolute Gasteiger partial charge is 0.573 e. The van der Waals surface area contributed by atoms with Crippen molar-refractivity contribution in [3.63, 3.8) is 0 Å². The van der Waals surface area contributed by atoms with Gasteiger partial charge >= 0.3 is 6.36 Å². The molecule has 1 aliphatic rings. The van der Waals surface area contributed by atoms with Crippen molar-refractivity contribution in [2.24, 2.45) is 0 Å². The lowest BCUT2D eigenvalue weighted by molar-refractivity contribution is -0.275. The average Bonchev–Trinajstić information content (AvgIpc) is 2.49. The number of halogens is 3. The summed E-state index contributed by atoms with van der Waals surface area (Å²) in [6.07, 6.45) is -4.03. The molecule has 1 saturated heterocycles. The standard InChI is InChI=1S/C17H16F3NO4S/c1-26(22,23)14-4-2-3-11(7-14)12-5-6-15(24-13-9-21-10-13)16(8-12)25-17(18,19)20/h2-8,13,21H,9-10H2,1H3. The summed E-state index contributed by atoms with van der Waals surface area (Å²) in [6.45, 7) is 1.09. The number of ether oxygens (including phenoxy) is 2. The van der Waals surface area contributed by atoms with Crippen LogP contribution >= 0.6 is 0 Å². The van der Waals surface area contributed by atoms with Crippen molar-refractivity contribution in [3.8, 4) is 22.6 Å². The van der Waals surface area contributed by atoms with Crippen LogP contribution in [-0.2, 0) is 9.84 Å². The highest BCUT2D eigenvalue weighted by Crippen LogP contribution is 2.37. The predicted molar refractivity (Wildman–Crippen MR) is 89.0 cm³/mol. The van der Waals surface area contributed by atoms with Crippen molar-refractivity contribution in [1.29, 1.82) is 0 Å². The van der Waals surface area contributed by atoms with Crippen LogP contribution in [0.4, 0.5) is 13.2 Å². The number of benzene rings is 2. The van der Waals surface area contributed by atoms with Gasteiger partial charge in [-0.25, -0.2) is 8.42 Å². The van der Waals surface area contributed by atoms with E-state index in [9.17, 15) is 21.6 Å². The normalized spacial score (nSPS) is 15.4. The molecule has 1 fully saturated rings. The molecule has 9 heteroatoms. The van der Waals surface area contributed by atoms with Gasteiger partial charge in [-0.15, -0.1) is 13.2 Å². The smallest absolute Gasteiger partial charge is 0.484 e. The van der Waals surface area contributed by atoms with Gasteiger partial charge < -0.3 is 14.8 Å². The summed E-state index contributed by atoms with van der Waals surface area (Å²) in [5.41, 5.74) is 0.839. The van der Waals surface area contributed by atoms with Gasteiger partial charge in [0, 0.05) is 19.3 Å². The van der Waals surface area contributed by atoms with E-state index in [1.165, 1.54) is 30.3 Å². The highest BCUT2D eigenvalue weighted by atomic mass is 32.2. The number of hydrogen-bond acceptors (Lipinski definition) is 5. The molecule has 1 heterocycles. The molecule has 0 aromatic heterocycles. The van der Waals surface area contributed by atoms with Gasteiger partial charge in [0.05, 0.1) is 4.90 Å². The Morgan fingerprint density at radius 2 is 1.73 bits per heavy atom. The molecule has 1 N–H and O–H groups in total. The van der Waals surface area contributed by atoms with Gasteiger partial charge in [-0.2, -0.15) is 0 Å². The number of rotatable bonds is 5. The Hall–Kier alpha value is -2.26. The van der Waals surface area contributed by atoms with Gasteiger partial charge in [0.2, 0.25) is 0 Å². The molecule has 140 valence electrons. The molecule has 3 rings (SSSR count). The Balaban J connectivity index is 1.99. The first-order valence-electron chi connectivity index (χ1n) is 7.69. The van der Waals surface area contributed by atoms with Crippen LogP contribution in [0.3, 0.4) is 0 Å². The first-order valence-corrected chi connectivity index (χ1v) is 9.59. The molecule has 0 saturated carbocycles. The maximum Gasteiger partial charge on any atom is 0.573 e. The fourth-order valence-corrected chi connectivity index (χ4v) is 3.09. The first-order chi connectivity index (χ1) is 12.1. The maximum atomic E-state index is 12.7. The van der Waals surface area contributed by atoms with Crippen molar-refractivity contribution >= 4 is 9.84 Å². The summed E-state index contributed by atoms with van der Waals surface area (Å²) in [5.74, 6) is -0.483. The van der Waals surface area contributed by atoms with Crippen molar-refractivity contribution in [3.05, 3.63) is 42.5 Å². The van der Waals surface area contributed by atoms with Crippen molar-refractivity contribution in [2.75, 3.05) is 19.3 Å². The molecule has 0 amide bonds. The Bertz CT molecular complexity index is 908. The van der Waals surface area contributed by atoms with E-state index in [1.54, 1.807) is 12.1 Å². The second kappa shape index (κ2) is 6.81. The van der Waals surface area contributed by atoms with E-state index in [2.05, 4.69) is 10.1 Å². The number of nitrogens with one attached hydrogen (secondary N) is 1. The Morgan fingerprint density at radius 3 is 2.31 bits per heavy atom. The van der Waals surface area contributed by atoms with E-state index in [4.69, 9.17) is 4.74 Å². The molecular weight excluding hydrogens is 371 g/mol. The second-order valence-electron chi connectivity index (χ2n) is 5.91. The summed E-state index contributed by atoms with van der Waals surface area (Å²) in [6, 6.07) is 10.1. The third kappa shape index (κ3) is 4.47. The highest BCUT2D eigenvalue weighted by Gasteiger charge is 2.33. The lowest BCUT2D eigenvalue weighted by Gasteiger charge is -2.28. The topological polar surface area (TPSA) is 64.6 Å². The Kier molecular flexibility index (Phi) is 4.85. The predicted octanol–water partition coefficient (Wildman–Crippen LogP) is 3.01. The van der Waals surface area contributed by atoms with Crippen LogP contribution in [0.1, 0.15) is 0 Å². The maximum absolute atomic E-state index is 12.7. The van der Waals surface area contributed by atoms with Crippen LogP contribution in [0.25, 0.3) is 11.1 Å². The molecule has 26 heavy (non-hydrogen) atoms. The van der Waals surface area contributed by atoms with E-state index >= 15 is 0 Å². The molecule has 0 bridgehead atoms. The number of sulfone groups is 1. The third-order valence-electron chi connectivity index (χ3n) is 3.80. The van der Waals surface area contributed by atoms with E-state index < -0.39 is 21.9 Å². The lowest BCUT2D eigenvalue weighted by atomic mass is 10.1. The third-order valence-corrected chi connectivity index (χ3v) is 4.91. The number of hydrogen-bond donors (Lipinski definition) is 1. The van der Waals surface area contributed by atoms with Gasteiger partial charge in [0.15, 0.2) is 21.3 Å². The van der Waals surface area contributed by atoms with Gasteiger partial charge in [-0.3, -0.25) is 0 Å². The minimum absolute atomic E-state index is 0.0168. The molecule has 0 radical (unpaired) electrons. The van der Waals surface area contributed by atoms with Gasteiger partial charge in [0.1, 0.15) is 6.10 Å². The molecule has 0 unspecified atom stereocenters. The Labute approximate surface area is 148 Å². The summed E-state index contributed by atoms with van der Waals surface area (Å²) in [5, 5.41) is 2.96. The lowest BCUT2D eigenvalue weighted by Crippen LogP contribution is -2.50. The summed E-state index contributed by atoms with van der Waals surface area (Å²) in [7, 11) is -3.43. The fraction of sp³-hybridized carbons (Fsp3) is 0.294. The summed E-state index contributed by atoms with van der Waals surface area (Å²) >= 11 is 0. The molecule has 2 aromatic carbocycles. The van der Waals surface area contributed by atoms with Gasteiger partial charge in [-0.1, -0.05) is 18.2 Å². The molecule has 0 atom stereocenters. The SMILES string of the molecule is CS(=O)(=O)c1cccc(-c2ccc(OC3CNC3)c(OC(F)(F)F)c2)c1. The molecule has 0 spiro atoms. The van der Waals surface area contributed by atoms with Gasteiger partial charge in [-0.05, 0) is 35.4 Å². The monoisotopic (exact) mass is 387 g/mol. The van der Waals surface area contributed by atoms with Gasteiger partial charge in [0.25, 0.3) is 0 Å². The molecule has 0 aliphatic carbocycles. The quantitative estimate of drug-likeness (QED) is 0.855. The summed E-state index contributed by atoms with van der Waals surface area (Å²) < 4.78 is 71.2. The van der Waals surface area contributed by atoms with E-state index in [0.717, 1.165) is 6.26 Å². The van der Waals surface area contributed by atoms with Crippen LogP contribution in [0.2, 0.25) is 0 Å². The van der Waals surface area contributed by atoms with Crippen molar-refractivity contribution in [2.45, 2.75) is 17.4 Å². The zero-order valence-electron chi connectivity index (χ0n) is 13.7. The Morgan fingerprint density at radius 1 is 1.04 bits per heavy atom. The molecule has 2 aromatic rings. The minimum Gasteiger partial charge on any atom is -0.484 e. The molecule has 1 aliphatic heterocycles. The van der Waals surface area contributed by atoms with Crippen LogP contribution in [-0.4, -0.2) is 40.2 Å².